The van der Waals surface area contributed by atoms with Gasteiger partial charge in [-0.05, 0) is 43.3 Å². The van der Waals surface area contributed by atoms with Crippen molar-refractivity contribution >= 4 is 11.7 Å². The summed E-state index contributed by atoms with van der Waals surface area (Å²) in [6.07, 6.45) is -2.75. The lowest BCUT2D eigenvalue weighted by Crippen LogP contribution is -2.67. The van der Waals surface area contributed by atoms with Crippen molar-refractivity contribution in [3.8, 4) is 5.75 Å². The Kier molecular flexibility index (Phi) is 5.87. The standard InChI is InChI=1S/C21H23NO8/c1-11(23)13-5-7-14(8-6-13)28-21-17(22-12(2)24)18(25)19-16(29-21)10-27-20(30-19)15-4-3-9-26-15/h3-9,16-21,25H,10H2,1-2H3,(H,22,24)/t16-,17+,18-,19+,20+,21-/m1/s1. The Morgan fingerprint density at radius 3 is 2.53 bits per heavy atom. The molecule has 4 rings (SSSR count). The summed E-state index contributed by atoms with van der Waals surface area (Å²) in [7, 11) is 0. The predicted octanol–water partition coefficient (Wildman–Crippen LogP) is 1.57. The van der Waals surface area contributed by atoms with Crippen LogP contribution in [-0.4, -0.2) is 54.0 Å². The first-order chi connectivity index (χ1) is 14.4. The fourth-order valence-electron chi connectivity index (χ4n) is 3.55. The lowest BCUT2D eigenvalue weighted by atomic mass is 9.96. The summed E-state index contributed by atoms with van der Waals surface area (Å²) in [4.78, 5) is 23.2. The molecule has 30 heavy (non-hydrogen) atoms. The third kappa shape index (κ3) is 4.24. The van der Waals surface area contributed by atoms with Crippen LogP contribution in [0.4, 0.5) is 0 Å². The molecule has 0 unspecified atom stereocenters. The Morgan fingerprint density at radius 2 is 1.90 bits per heavy atom. The third-order valence-electron chi connectivity index (χ3n) is 5.02. The van der Waals surface area contributed by atoms with Crippen LogP contribution >= 0.6 is 0 Å². The third-order valence-corrected chi connectivity index (χ3v) is 5.02. The van der Waals surface area contributed by atoms with Crippen LogP contribution in [0.2, 0.25) is 0 Å². The molecule has 6 atom stereocenters. The van der Waals surface area contributed by atoms with Gasteiger partial charge in [-0.15, -0.1) is 0 Å². The molecule has 2 aliphatic heterocycles. The summed E-state index contributed by atoms with van der Waals surface area (Å²) < 4.78 is 28.7. The van der Waals surface area contributed by atoms with Gasteiger partial charge in [0.05, 0.1) is 12.9 Å². The number of ketones is 1. The van der Waals surface area contributed by atoms with E-state index in [1.165, 1.54) is 20.1 Å². The Hall–Kier alpha value is -2.72. The lowest BCUT2D eigenvalue weighted by Gasteiger charge is -2.47. The van der Waals surface area contributed by atoms with Crippen LogP contribution in [0, 0.1) is 0 Å². The Labute approximate surface area is 172 Å². The molecule has 9 nitrogen and oxygen atoms in total. The highest BCUT2D eigenvalue weighted by Crippen LogP contribution is 2.35. The molecule has 2 N–H and O–H groups in total. The first-order valence-electron chi connectivity index (χ1n) is 9.61. The molecule has 2 aromatic rings. The molecule has 1 amide bonds. The summed E-state index contributed by atoms with van der Waals surface area (Å²) in [5, 5.41) is 13.6. The van der Waals surface area contributed by atoms with Crippen LogP contribution in [0.15, 0.2) is 47.1 Å². The van der Waals surface area contributed by atoms with Crippen LogP contribution in [0.1, 0.15) is 36.3 Å². The number of nitrogens with one attached hydrogen (secondary N) is 1. The number of benzene rings is 1. The van der Waals surface area contributed by atoms with E-state index in [4.69, 9.17) is 23.4 Å². The number of fused-ring (bicyclic) bond motifs is 1. The zero-order chi connectivity index (χ0) is 21.3. The molecule has 0 spiro atoms. The van der Waals surface area contributed by atoms with Gasteiger partial charge in [0.25, 0.3) is 0 Å². The number of carbonyl (C=O) groups excluding carboxylic acids is 2. The van der Waals surface area contributed by atoms with E-state index in [0.717, 1.165) is 0 Å². The average molecular weight is 417 g/mol. The monoisotopic (exact) mass is 417 g/mol. The fraction of sp³-hybridized carbons (Fsp3) is 0.429. The number of furan rings is 1. The maximum absolute atomic E-state index is 11.7. The fourth-order valence-corrected chi connectivity index (χ4v) is 3.55. The molecule has 0 saturated carbocycles. The number of hydrogen-bond acceptors (Lipinski definition) is 8. The summed E-state index contributed by atoms with van der Waals surface area (Å²) in [6, 6.07) is 9.06. The first kappa shape index (κ1) is 20.5. The molecule has 0 radical (unpaired) electrons. The van der Waals surface area contributed by atoms with Crippen molar-refractivity contribution in [3.63, 3.8) is 0 Å². The molecule has 3 heterocycles. The number of amides is 1. The van der Waals surface area contributed by atoms with Gasteiger partial charge in [-0.2, -0.15) is 0 Å². The minimum atomic E-state index is -1.12. The van der Waals surface area contributed by atoms with Crippen LogP contribution in [-0.2, 0) is 19.0 Å². The van der Waals surface area contributed by atoms with Crippen LogP contribution < -0.4 is 10.1 Å². The molecule has 2 aliphatic rings. The Morgan fingerprint density at radius 1 is 1.13 bits per heavy atom. The van der Waals surface area contributed by atoms with Crippen molar-refractivity contribution in [2.75, 3.05) is 6.61 Å². The van der Waals surface area contributed by atoms with Crippen LogP contribution in [0.5, 0.6) is 5.75 Å². The zero-order valence-corrected chi connectivity index (χ0v) is 16.5. The number of hydrogen-bond donors (Lipinski definition) is 2. The van der Waals surface area contributed by atoms with E-state index in [1.807, 2.05) is 0 Å². The highest BCUT2D eigenvalue weighted by Gasteiger charge is 2.51. The quantitative estimate of drug-likeness (QED) is 0.704. The maximum atomic E-state index is 11.7. The zero-order valence-electron chi connectivity index (χ0n) is 16.5. The number of aliphatic hydroxyl groups is 1. The largest absolute Gasteiger partial charge is 0.464 e. The number of ether oxygens (including phenoxy) is 4. The maximum Gasteiger partial charge on any atom is 0.223 e. The summed E-state index contributed by atoms with van der Waals surface area (Å²) in [6.45, 7) is 2.96. The molecule has 0 bridgehead atoms. The number of aliphatic hydroxyl groups excluding tert-OH is 1. The first-order valence-corrected chi connectivity index (χ1v) is 9.61. The topological polar surface area (TPSA) is 116 Å². The summed E-state index contributed by atoms with van der Waals surface area (Å²) in [5.41, 5.74) is 0.545. The van der Waals surface area contributed by atoms with E-state index in [0.29, 0.717) is 17.1 Å². The van der Waals surface area contributed by atoms with Crippen LogP contribution in [0.25, 0.3) is 0 Å². The summed E-state index contributed by atoms with van der Waals surface area (Å²) >= 11 is 0. The number of carbonyl (C=O) groups is 2. The van der Waals surface area contributed by atoms with Gasteiger partial charge >= 0.3 is 0 Å². The van der Waals surface area contributed by atoms with E-state index >= 15 is 0 Å². The predicted molar refractivity (Wildman–Crippen MR) is 102 cm³/mol. The van der Waals surface area contributed by atoms with E-state index in [-0.39, 0.29) is 18.3 Å². The van der Waals surface area contributed by atoms with Crippen molar-refractivity contribution in [2.24, 2.45) is 0 Å². The van der Waals surface area contributed by atoms with Crippen LogP contribution in [0.3, 0.4) is 0 Å². The second kappa shape index (κ2) is 8.57. The summed E-state index contributed by atoms with van der Waals surface area (Å²) in [5.74, 6) is 0.488. The van der Waals surface area contributed by atoms with E-state index in [9.17, 15) is 14.7 Å². The highest BCUT2D eigenvalue weighted by atomic mass is 16.8. The Balaban J connectivity index is 1.51. The minimum Gasteiger partial charge on any atom is -0.464 e. The molecule has 0 aliphatic carbocycles. The molecule has 2 saturated heterocycles. The van der Waals surface area contributed by atoms with Crippen molar-refractivity contribution in [3.05, 3.63) is 54.0 Å². The molecule has 1 aromatic carbocycles. The molecular formula is C21H23NO8. The van der Waals surface area contributed by atoms with Gasteiger partial charge in [-0.3, -0.25) is 9.59 Å². The molecule has 1 aromatic heterocycles. The molecule has 9 heteroatoms. The van der Waals surface area contributed by atoms with Gasteiger partial charge in [0.1, 0.15) is 30.1 Å². The van der Waals surface area contributed by atoms with Crippen molar-refractivity contribution in [1.29, 1.82) is 0 Å². The Bertz CT molecular complexity index is 881. The van der Waals surface area contributed by atoms with Gasteiger partial charge < -0.3 is 33.8 Å². The van der Waals surface area contributed by atoms with Crippen molar-refractivity contribution in [1.82, 2.24) is 5.32 Å². The van der Waals surface area contributed by atoms with E-state index in [2.05, 4.69) is 5.32 Å². The average Bonchev–Trinajstić information content (AvgIpc) is 3.26. The van der Waals surface area contributed by atoms with E-state index < -0.39 is 36.9 Å². The van der Waals surface area contributed by atoms with Crippen molar-refractivity contribution in [2.45, 2.75) is 50.8 Å². The lowest BCUT2D eigenvalue weighted by molar-refractivity contribution is -0.336. The van der Waals surface area contributed by atoms with Crippen molar-refractivity contribution < 1.29 is 38.1 Å². The number of rotatable bonds is 5. The smallest absolute Gasteiger partial charge is 0.223 e. The van der Waals surface area contributed by atoms with Gasteiger partial charge in [-0.25, -0.2) is 0 Å². The van der Waals surface area contributed by atoms with Gasteiger partial charge in [0.2, 0.25) is 18.5 Å². The molecular weight excluding hydrogens is 394 g/mol. The second-order valence-electron chi connectivity index (χ2n) is 7.24. The minimum absolute atomic E-state index is 0.0625. The van der Waals surface area contributed by atoms with E-state index in [1.54, 1.807) is 36.4 Å². The highest BCUT2D eigenvalue weighted by molar-refractivity contribution is 5.94. The second-order valence-corrected chi connectivity index (χ2v) is 7.24. The number of Topliss-reactive ketones (excluding diaryl/α,β-unsaturated/α-hetero) is 1. The SMILES string of the molecule is CC(=O)N[C@@H]1[C@H](Oc2ccc(C(C)=O)cc2)O[C@@H]2CO[C@H](c3ccco3)O[C@@H]2[C@@H]1O. The van der Waals surface area contributed by atoms with Gasteiger partial charge in [0.15, 0.2) is 11.5 Å². The van der Waals surface area contributed by atoms with Gasteiger partial charge in [0, 0.05) is 12.5 Å². The van der Waals surface area contributed by atoms with Gasteiger partial charge in [-0.1, -0.05) is 0 Å². The normalized spacial score (nSPS) is 30.9. The molecule has 160 valence electrons. The molecule has 2 fully saturated rings.